The van der Waals surface area contributed by atoms with Crippen LogP contribution in [0.5, 0.6) is 0 Å². The first-order valence-electron chi connectivity index (χ1n) is 8.14. The second-order valence-corrected chi connectivity index (χ2v) is 8.95. The number of thiophene rings is 1. The highest BCUT2D eigenvalue weighted by molar-refractivity contribution is 7.91. The third kappa shape index (κ3) is 3.64. The molecular formula is C17H20N4O3S2. The standard InChI is InChI=1S/C17H20N4O3S2/c1-3-21-14-8-5-4-7-13(14)19-15(21)11-18-16(22)12-20(2)26(23,24)17-9-6-10-25-17/h4-10H,3,11-12H2,1-2H3,(H,18,22). The Balaban J connectivity index is 1.66. The summed E-state index contributed by atoms with van der Waals surface area (Å²) in [5, 5.41) is 4.45. The predicted molar refractivity (Wildman–Crippen MR) is 101 cm³/mol. The third-order valence-corrected chi connectivity index (χ3v) is 7.20. The highest BCUT2D eigenvalue weighted by Crippen LogP contribution is 2.19. The number of imidazole rings is 1. The van der Waals surface area contributed by atoms with Crippen molar-refractivity contribution in [1.29, 1.82) is 0 Å². The van der Waals surface area contributed by atoms with E-state index in [0.29, 0.717) is 0 Å². The molecule has 0 aliphatic rings. The number of aryl methyl sites for hydroxylation is 1. The number of benzene rings is 1. The minimum atomic E-state index is -3.64. The van der Waals surface area contributed by atoms with Crippen molar-refractivity contribution in [1.82, 2.24) is 19.2 Å². The Labute approximate surface area is 156 Å². The summed E-state index contributed by atoms with van der Waals surface area (Å²) in [4.78, 5) is 16.7. The number of carbonyl (C=O) groups is 1. The summed E-state index contributed by atoms with van der Waals surface area (Å²) in [5.74, 6) is 0.369. The lowest BCUT2D eigenvalue weighted by Crippen LogP contribution is -2.38. The average molecular weight is 393 g/mol. The molecule has 1 N–H and O–H groups in total. The first kappa shape index (κ1) is 18.6. The van der Waals surface area contributed by atoms with Crippen molar-refractivity contribution in [3.63, 3.8) is 0 Å². The monoisotopic (exact) mass is 392 g/mol. The van der Waals surface area contributed by atoms with Crippen LogP contribution in [0.1, 0.15) is 12.7 Å². The molecule has 7 nitrogen and oxygen atoms in total. The van der Waals surface area contributed by atoms with Crippen molar-refractivity contribution >= 4 is 38.3 Å². The number of nitrogens with one attached hydrogen (secondary N) is 1. The molecule has 2 aromatic heterocycles. The number of fused-ring (bicyclic) bond motifs is 1. The van der Waals surface area contributed by atoms with Gasteiger partial charge >= 0.3 is 0 Å². The molecule has 0 radical (unpaired) electrons. The molecule has 0 aliphatic carbocycles. The number of carbonyl (C=O) groups excluding carboxylic acids is 1. The fourth-order valence-electron chi connectivity index (χ4n) is 2.70. The van der Waals surface area contributed by atoms with Gasteiger partial charge < -0.3 is 9.88 Å². The minimum absolute atomic E-state index is 0.223. The molecule has 1 aromatic carbocycles. The quantitative estimate of drug-likeness (QED) is 0.667. The highest BCUT2D eigenvalue weighted by Gasteiger charge is 2.23. The molecule has 0 saturated carbocycles. The Morgan fingerprint density at radius 1 is 1.27 bits per heavy atom. The lowest BCUT2D eigenvalue weighted by Gasteiger charge is -2.15. The first-order chi connectivity index (χ1) is 12.4. The van der Waals surface area contributed by atoms with E-state index in [9.17, 15) is 13.2 Å². The largest absolute Gasteiger partial charge is 0.348 e. The van der Waals surface area contributed by atoms with Crippen LogP contribution in [0, 0.1) is 0 Å². The van der Waals surface area contributed by atoms with Gasteiger partial charge in [-0.2, -0.15) is 4.31 Å². The van der Waals surface area contributed by atoms with Crippen molar-refractivity contribution in [3.8, 4) is 0 Å². The molecule has 0 spiro atoms. The molecule has 138 valence electrons. The Hall–Kier alpha value is -2.23. The van der Waals surface area contributed by atoms with E-state index in [1.165, 1.54) is 13.1 Å². The van der Waals surface area contributed by atoms with Gasteiger partial charge in [-0.05, 0) is 30.5 Å². The van der Waals surface area contributed by atoms with Crippen molar-refractivity contribution < 1.29 is 13.2 Å². The fraction of sp³-hybridized carbons (Fsp3) is 0.294. The summed E-state index contributed by atoms with van der Waals surface area (Å²) in [6.45, 7) is 2.75. The molecule has 2 heterocycles. The van der Waals surface area contributed by atoms with Gasteiger partial charge in [-0.15, -0.1) is 11.3 Å². The molecular weight excluding hydrogens is 372 g/mol. The van der Waals surface area contributed by atoms with E-state index < -0.39 is 10.0 Å². The summed E-state index contributed by atoms with van der Waals surface area (Å²) in [5.41, 5.74) is 1.88. The molecule has 1 amide bonds. The number of para-hydroxylation sites is 2. The number of sulfonamides is 1. The second-order valence-electron chi connectivity index (χ2n) is 5.73. The van der Waals surface area contributed by atoms with Gasteiger partial charge in [0, 0.05) is 13.6 Å². The Morgan fingerprint density at radius 2 is 2.04 bits per heavy atom. The van der Waals surface area contributed by atoms with E-state index in [4.69, 9.17) is 0 Å². The normalized spacial score (nSPS) is 12.0. The highest BCUT2D eigenvalue weighted by atomic mass is 32.2. The van der Waals surface area contributed by atoms with Gasteiger partial charge in [0.1, 0.15) is 10.0 Å². The van der Waals surface area contributed by atoms with Crippen molar-refractivity contribution in [2.45, 2.75) is 24.2 Å². The van der Waals surface area contributed by atoms with E-state index in [-0.39, 0.29) is 23.2 Å². The maximum absolute atomic E-state index is 12.4. The second kappa shape index (κ2) is 7.56. The van der Waals surface area contributed by atoms with Crippen LogP contribution in [0.2, 0.25) is 0 Å². The summed E-state index contributed by atoms with van der Waals surface area (Å²) >= 11 is 1.13. The number of likely N-dealkylation sites (N-methyl/N-ethyl adjacent to an activating group) is 1. The molecule has 9 heteroatoms. The smallest absolute Gasteiger partial charge is 0.252 e. The molecule has 0 saturated heterocycles. The number of hydrogen-bond acceptors (Lipinski definition) is 5. The average Bonchev–Trinajstić information content (AvgIpc) is 3.27. The topological polar surface area (TPSA) is 84.3 Å². The molecule has 0 fully saturated rings. The Morgan fingerprint density at radius 3 is 2.73 bits per heavy atom. The molecule has 0 bridgehead atoms. The molecule has 0 aliphatic heterocycles. The zero-order chi connectivity index (χ0) is 18.7. The van der Waals surface area contributed by atoms with Crippen LogP contribution >= 0.6 is 11.3 Å². The van der Waals surface area contributed by atoms with E-state index in [0.717, 1.165) is 39.0 Å². The number of hydrogen-bond donors (Lipinski definition) is 1. The summed E-state index contributed by atoms with van der Waals surface area (Å²) in [6.07, 6.45) is 0. The maximum Gasteiger partial charge on any atom is 0.252 e. The van der Waals surface area contributed by atoms with E-state index in [1.54, 1.807) is 11.4 Å². The van der Waals surface area contributed by atoms with Crippen LogP contribution in [0.25, 0.3) is 11.0 Å². The SMILES string of the molecule is CCn1c(CNC(=O)CN(C)S(=O)(=O)c2cccs2)nc2ccccc21. The lowest BCUT2D eigenvalue weighted by molar-refractivity contribution is -0.121. The zero-order valence-corrected chi connectivity index (χ0v) is 16.2. The molecule has 3 aromatic rings. The summed E-state index contributed by atoms with van der Waals surface area (Å²) in [7, 11) is -2.24. The van der Waals surface area contributed by atoms with E-state index in [1.807, 2.05) is 35.8 Å². The third-order valence-electron chi connectivity index (χ3n) is 4.02. The first-order valence-corrected chi connectivity index (χ1v) is 10.5. The number of amides is 1. The zero-order valence-electron chi connectivity index (χ0n) is 14.5. The van der Waals surface area contributed by atoms with Gasteiger partial charge in [-0.3, -0.25) is 4.79 Å². The Kier molecular flexibility index (Phi) is 5.40. The van der Waals surface area contributed by atoms with Crippen LogP contribution in [0.4, 0.5) is 0 Å². The van der Waals surface area contributed by atoms with Gasteiger partial charge in [-0.25, -0.2) is 13.4 Å². The van der Waals surface area contributed by atoms with Crippen molar-refractivity contribution in [3.05, 3.63) is 47.6 Å². The van der Waals surface area contributed by atoms with Gasteiger partial charge in [0.2, 0.25) is 5.91 Å². The van der Waals surface area contributed by atoms with Crippen LogP contribution in [0.15, 0.2) is 46.0 Å². The number of rotatable bonds is 7. The van der Waals surface area contributed by atoms with Crippen LogP contribution in [0.3, 0.4) is 0 Å². The number of nitrogens with zero attached hydrogens (tertiary/aromatic N) is 3. The number of aromatic nitrogens is 2. The van der Waals surface area contributed by atoms with Gasteiger partial charge in [0.25, 0.3) is 10.0 Å². The predicted octanol–water partition coefficient (Wildman–Crippen LogP) is 2.05. The van der Waals surface area contributed by atoms with Gasteiger partial charge in [-0.1, -0.05) is 18.2 Å². The Bertz CT molecular complexity index is 1010. The maximum atomic E-state index is 12.4. The van der Waals surface area contributed by atoms with Crippen LogP contribution in [-0.2, 0) is 27.9 Å². The van der Waals surface area contributed by atoms with Gasteiger partial charge in [0.15, 0.2) is 0 Å². The van der Waals surface area contributed by atoms with Crippen LogP contribution in [-0.4, -0.2) is 41.8 Å². The summed E-state index contributed by atoms with van der Waals surface area (Å²) in [6, 6.07) is 11.0. The molecule has 26 heavy (non-hydrogen) atoms. The molecule has 0 atom stereocenters. The fourth-order valence-corrected chi connectivity index (χ4v) is 5.03. The van der Waals surface area contributed by atoms with E-state index >= 15 is 0 Å². The molecule has 3 rings (SSSR count). The van der Waals surface area contributed by atoms with E-state index in [2.05, 4.69) is 10.3 Å². The summed E-state index contributed by atoms with van der Waals surface area (Å²) < 4.78 is 28.0. The van der Waals surface area contributed by atoms with Crippen molar-refractivity contribution in [2.24, 2.45) is 0 Å². The lowest BCUT2D eigenvalue weighted by atomic mass is 10.3. The van der Waals surface area contributed by atoms with Gasteiger partial charge in [0.05, 0.1) is 24.1 Å². The van der Waals surface area contributed by atoms with Crippen LogP contribution < -0.4 is 5.32 Å². The molecule has 0 unspecified atom stereocenters. The minimum Gasteiger partial charge on any atom is -0.348 e. The van der Waals surface area contributed by atoms with Crippen molar-refractivity contribution in [2.75, 3.05) is 13.6 Å².